The highest BCUT2D eigenvalue weighted by atomic mass is 31.1. The van der Waals surface area contributed by atoms with E-state index in [4.69, 9.17) is 19.9 Å². The van der Waals surface area contributed by atoms with Crippen molar-refractivity contribution in [1.29, 1.82) is 0 Å². The Morgan fingerprint density at radius 3 is 2.73 bits per heavy atom. The van der Waals surface area contributed by atoms with Gasteiger partial charge in [-0.3, -0.25) is 4.79 Å². The zero-order chi connectivity index (χ0) is 19.1. The van der Waals surface area contributed by atoms with Gasteiger partial charge >= 0.3 is 14.2 Å². The normalized spacial score (nSPS) is 19.8. The highest BCUT2D eigenvalue weighted by molar-refractivity contribution is 7.33. The van der Waals surface area contributed by atoms with Crippen LogP contribution in [0.15, 0.2) is 30.3 Å². The Bertz CT molecular complexity index is 641. The van der Waals surface area contributed by atoms with Gasteiger partial charge in [-0.1, -0.05) is 30.3 Å². The molecule has 0 aromatic heterocycles. The number of hydrogen-bond donors (Lipinski definition) is 2. The predicted octanol–water partition coefficient (Wildman–Crippen LogP) is 1.71. The largest absolute Gasteiger partial charge is 0.698 e. The number of carbonyl (C=O) groups is 2. The molecule has 8 nitrogen and oxygen atoms in total. The summed E-state index contributed by atoms with van der Waals surface area (Å²) in [4.78, 5) is 24.7. The van der Waals surface area contributed by atoms with Gasteiger partial charge in [-0.2, -0.15) is 0 Å². The molecule has 9 heteroatoms. The van der Waals surface area contributed by atoms with Crippen LogP contribution in [0.2, 0.25) is 0 Å². The average molecular weight is 383 g/mol. The van der Waals surface area contributed by atoms with E-state index in [2.05, 4.69) is 0 Å². The number of rotatable bonds is 9. The molecule has 1 heterocycles. The lowest BCUT2D eigenvalue weighted by molar-refractivity contribution is -0.150. The van der Waals surface area contributed by atoms with Gasteiger partial charge in [-0.15, -0.1) is 9.05 Å². The van der Waals surface area contributed by atoms with Crippen LogP contribution in [0.25, 0.3) is 0 Å². The van der Waals surface area contributed by atoms with Crippen molar-refractivity contribution in [3.8, 4) is 0 Å². The van der Waals surface area contributed by atoms with Crippen molar-refractivity contribution in [3.05, 3.63) is 35.9 Å². The topological polar surface area (TPSA) is 119 Å². The van der Waals surface area contributed by atoms with Crippen molar-refractivity contribution in [1.82, 2.24) is 4.90 Å². The summed E-state index contributed by atoms with van der Waals surface area (Å²) in [5, 5.41) is 9.13. The van der Waals surface area contributed by atoms with E-state index in [0.717, 1.165) is 5.56 Å². The maximum absolute atomic E-state index is 12.3. The lowest BCUT2D eigenvalue weighted by atomic mass is 10.1. The highest BCUT2D eigenvalue weighted by Gasteiger charge is 2.39. The van der Waals surface area contributed by atoms with Crippen LogP contribution in [0.4, 0.5) is 0 Å². The minimum absolute atomic E-state index is 0.0203. The minimum Gasteiger partial charge on any atom is -0.480 e. The Hall–Kier alpha value is -1.86. The van der Waals surface area contributed by atoms with E-state index < -0.39 is 32.3 Å². The van der Waals surface area contributed by atoms with E-state index in [9.17, 15) is 14.2 Å². The first-order chi connectivity index (χ1) is 12.4. The molecule has 2 unspecified atom stereocenters. The highest BCUT2D eigenvalue weighted by Crippen LogP contribution is 2.28. The number of nitrogens with two attached hydrogens (primary N) is 1. The summed E-state index contributed by atoms with van der Waals surface area (Å²) in [5.74, 6) is -1.55. The fourth-order valence-corrected chi connectivity index (χ4v) is 3.58. The van der Waals surface area contributed by atoms with Crippen molar-refractivity contribution >= 4 is 20.1 Å². The molecule has 1 saturated heterocycles. The van der Waals surface area contributed by atoms with Crippen LogP contribution in [0.5, 0.6) is 0 Å². The second-order valence-electron chi connectivity index (χ2n) is 6.24. The molecule has 26 heavy (non-hydrogen) atoms. The van der Waals surface area contributed by atoms with Crippen LogP contribution in [0, 0.1) is 0 Å². The molecule has 0 bridgehead atoms. The molecule has 142 valence electrons. The lowest BCUT2D eigenvalue weighted by Crippen LogP contribution is -2.45. The molecule has 1 aromatic carbocycles. The summed E-state index contributed by atoms with van der Waals surface area (Å²) in [7, 11) is -2.53. The second-order valence-corrected chi connectivity index (χ2v) is 7.16. The number of nitrogens with zero attached hydrogens (tertiary/aromatic N) is 1. The summed E-state index contributed by atoms with van der Waals surface area (Å²) in [6.07, 6.45) is 0.535. The van der Waals surface area contributed by atoms with E-state index in [1.54, 1.807) is 0 Å². The molecule has 0 saturated carbocycles. The van der Waals surface area contributed by atoms with E-state index in [-0.39, 0.29) is 12.6 Å². The quantitative estimate of drug-likeness (QED) is 0.623. The molecule has 0 aliphatic carbocycles. The van der Waals surface area contributed by atoms with Crippen LogP contribution >= 0.6 is 8.25 Å². The van der Waals surface area contributed by atoms with E-state index in [1.165, 1.54) is 11.8 Å². The van der Waals surface area contributed by atoms with Crippen molar-refractivity contribution < 1.29 is 28.3 Å². The zero-order valence-corrected chi connectivity index (χ0v) is 15.5. The molecule has 0 spiro atoms. The molecular formula is C17H24N2O6P+. The zero-order valence-electron chi connectivity index (χ0n) is 14.6. The maximum Gasteiger partial charge on any atom is 0.698 e. The fraction of sp³-hybridized carbons (Fsp3) is 0.529. The number of hydrogen-bond acceptors (Lipinski definition) is 6. The number of aliphatic carboxylic acids is 1. The van der Waals surface area contributed by atoms with E-state index in [0.29, 0.717) is 25.8 Å². The second kappa shape index (κ2) is 9.73. The molecule has 0 radical (unpaired) electrons. The minimum atomic E-state index is -2.53. The monoisotopic (exact) mass is 383 g/mol. The number of amides is 1. The summed E-state index contributed by atoms with van der Waals surface area (Å²) < 4.78 is 22.1. The number of carboxylic acids is 1. The molecule has 1 aliphatic rings. The Kier molecular flexibility index (Phi) is 7.66. The van der Waals surface area contributed by atoms with Crippen LogP contribution in [-0.4, -0.2) is 53.2 Å². The summed E-state index contributed by atoms with van der Waals surface area (Å²) >= 11 is 0. The van der Waals surface area contributed by atoms with Gasteiger partial charge in [0.1, 0.15) is 12.6 Å². The van der Waals surface area contributed by atoms with Crippen LogP contribution in [0.1, 0.15) is 25.3 Å². The van der Waals surface area contributed by atoms with Crippen LogP contribution < -0.4 is 5.73 Å². The summed E-state index contributed by atoms with van der Waals surface area (Å²) in [6.45, 7) is 1.80. The van der Waals surface area contributed by atoms with Crippen molar-refractivity contribution in [3.63, 3.8) is 0 Å². The van der Waals surface area contributed by atoms with Gasteiger partial charge in [-0.05, 0) is 31.7 Å². The Morgan fingerprint density at radius 2 is 2.08 bits per heavy atom. The summed E-state index contributed by atoms with van der Waals surface area (Å²) in [6, 6.07) is 8.38. The fourth-order valence-electron chi connectivity index (χ4n) is 2.86. The Balaban J connectivity index is 1.76. The number of carbonyl (C=O) groups excluding carboxylic acids is 1. The van der Waals surface area contributed by atoms with Gasteiger partial charge in [0, 0.05) is 17.2 Å². The van der Waals surface area contributed by atoms with Crippen molar-refractivity contribution in [2.45, 2.75) is 44.4 Å². The third-order valence-electron chi connectivity index (χ3n) is 4.15. The molecule has 1 fully saturated rings. The van der Waals surface area contributed by atoms with Gasteiger partial charge in [0.25, 0.3) is 5.91 Å². The van der Waals surface area contributed by atoms with Gasteiger partial charge < -0.3 is 15.7 Å². The van der Waals surface area contributed by atoms with Gasteiger partial charge in [0.05, 0.1) is 0 Å². The first-order valence-electron chi connectivity index (χ1n) is 8.48. The van der Waals surface area contributed by atoms with Crippen LogP contribution in [0.3, 0.4) is 0 Å². The molecule has 1 aliphatic heterocycles. The SMILES string of the molecule is C[C@H](O[P+](=O)OCC(N)Cc1ccccc1)C(=O)N1CCC[C@H]1C(=O)O. The Morgan fingerprint density at radius 1 is 1.38 bits per heavy atom. The van der Waals surface area contributed by atoms with Gasteiger partial charge in [0.2, 0.25) is 0 Å². The molecule has 1 aromatic rings. The van der Waals surface area contributed by atoms with Gasteiger partial charge in [-0.25, -0.2) is 4.79 Å². The maximum atomic E-state index is 12.3. The van der Waals surface area contributed by atoms with Gasteiger partial charge in [0.15, 0.2) is 6.10 Å². The Labute approximate surface area is 153 Å². The van der Waals surface area contributed by atoms with Crippen molar-refractivity contribution in [2.75, 3.05) is 13.2 Å². The van der Waals surface area contributed by atoms with Crippen molar-refractivity contribution in [2.24, 2.45) is 5.73 Å². The number of benzene rings is 1. The van der Waals surface area contributed by atoms with E-state index >= 15 is 0 Å². The third kappa shape index (κ3) is 5.85. The third-order valence-corrected chi connectivity index (χ3v) is 5.00. The van der Waals surface area contributed by atoms with Crippen LogP contribution in [-0.2, 0) is 29.6 Å². The molecule has 2 rings (SSSR count). The average Bonchev–Trinajstić information content (AvgIpc) is 3.10. The molecular weight excluding hydrogens is 359 g/mol. The molecule has 3 N–H and O–H groups in total. The predicted molar refractivity (Wildman–Crippen MR) is 94.6 cm³/mol. The number of carboxylic acid groups (broad SMARTS) is 1. The standard InChI is InChI=1S/C17H23N2O6P/c1-12(16(20)19-9-5-8-15(19)17(21)22)25-26(23)24-11-14(18)10-13-6-3-2-4-7-13/h2-4,6-7,12,14-15H,5,8-11,18H2,1H3/p+1/t12-,14?,15-/m0/s1. The first-order valence-corrected chi connectivity index (χ1v) is 9.57. The number of likely N-dealkylation sites (tertiary alicyclic amines) is 1. The van der Waals surface area contributed by atoms with E-state index in [1.807, 2.05) is 30.3 Å². The molecule has 1 amide bonds. The molecule has 4 atom stereocenters. The smallest absolute Gasteiger partial charge is 0.480 e. The summed E-state index contributed by atoms with van der Waals surface area (Å²) in [5.41, 5.74) is 6.99. The lowest BCUT2D eigenvalue weighted by Gasteiger charge is -2.22. The first kappa shape index (κ1) is 20.5.